The van der Waals surface area contributed by atoms with Gasteiger partial charge in [0, 0.05) is 25.1 Å². The molecule has 0 heterocycles. The Morgan fingerprint density at radius 3 is 2.35 bits per heavy atom. The molecule has 0 saturated carbocycles. The summed E-state index contributed by atoms with van der Waals surface area (Å²) in [5.74, 6) is 0.341. The molecule has 0 aliphatic carbocycles. The minimum absolute atomic E-state index is 0.0278. The molecule has 0 bridgehead atoms. The van der Waals surface area contributed by atoms with Crippen molar-refractivity contribution in [1.29, 1.82) is 0 Å². The smallest absolute Gasteiger partial charge is 0.391 e. The monoisotopic (exact) mass is 301 g/mol. The lowest BCUT2D eigenvalue weighted by molar-refractivity contribution is -0.133. The Kier molecular flexibility index (Phi) is 9.14. The van der Waals surface area contributed by atoms with E-state index in [1.807, 2.05) is 33.8 Å². The molecule has 0 aliphatic heterocycles. The Bertz CT molecular complexity index is 410. The number of rotatable bonds is 5. The molecule has 114 valence electrons. The molecular weight excluding hydrogens is 277 g/mol. The van der Waals surface area contributed by atoms with Crippen molar-refractivity contribution in [2.75, 3.05) is 7.05 Å². The molecule has 20 heavy (non-hydrogen) atoms. The van der Waals surface area contributed by atoms with Crippen LogP contribution in [0.4, 0.5) is 0 Å². The van der Waals surface area contributed by atoms with Gasteiger partial charge in [-0.25, -0.2) is 0 Å². The van der Waals surface area contributed by atoms with Crippen LogP contribution < -0.4 is 4.52 Å². The third-order valence-corrected chi connectivity index (χ3v) is 2.79. The van der Waals surface area contributed by atoms with Crippen LogP contribution >= 0.6 is 8.60 Å². The zero-order chi connectivity index (χ0) is 15.7. The Balaban J connectivity index is 0.00000172. The molecule has 0 radical (unpaired) electrons. The largest absolute Gasteiger partial charge is 0.427 e. The van der Waals surface area contributed by atoms with E-state index < -0.39 is 8.60 Å². The number of amides is 1. The van der Waals surface area contributed by atoms with E-state index in [1.54, 1.807) is 30.1 Å². The van der Waals surface area contributed by atoms with Crippen molar-refractivity contribution in [3.63, 3.8) is 0 Å². The first-order valence-electron chi connectivity index (χ1n) is 6.60. The van der Waals surface area contributed by atoms with E-state index >= 15 is 0 Å². The molecular formula is C14H24NO4P. The van der Waals surface area contributed by atoms with Crippen molar-refractivity contribution in [3.8, 4) is 5.75 Å². The summed E-state index contributed by atoms with van der Waals surface area (Å²) < 4.78 is 4.92. The van der Waals surface area contributed by atoms with E-state index in [1.165, 1.54) is 0 Å². The SMILES string of the molecule is CC.CC(C)C(=O)N(C)Cc1ccccc1OP(O)O. The summed E-state index contributed by atoms with van der Waals surface area (Å²) in [5.41, 5.74) is 0.740. The highest BCUT2D eigenvalue weighted by Crippen LogP contribution is 2.31. The number of hydrogen-bond donors (Lipinski definition) is 2. The number of hydrogen-bond acceptors (Lipinski definition) is 4. The van der Waals surface area contributed by atoms with Crippen molar-refractivity contribution < 1.29 is 19.1 Å². The summed E-state index contributed by atoms with van der Waals surface area (Å²) in [4.78, 5) is 31.1. The predicted molar refractivity (Wildman–Crippen MR) is 81.1 cm³/mol. The molecule has 0 aliphatic rings. The van der Waals surface area contributed by atoms with Gasteiger partial charge in [0.05, 0.1) is 0 Å². The first-order valence-corrected chi connectivity index (χ1v) is 7.77. The van der Waals surface area contributed by atoms with E-state index in [0.29, 0.717) is 12.3 Å². The minimum Gasteiger partial charge on any atom is -0.427 e. The second-order valence-corrected chi connectivity index (χ2v) is 4.99. The lowest BCUT2D eigenvalue weighted by atomic mass is 10.1. The van der Waals surface area contributed by atoms with Crippen LogP contribution in [0.5, 0.6) is 5.75 Å². The van der Waals surface area contributed by atoms with Gasteiger partial charge in [-0.15, -0.1) is 0 Å². The fourth-order valence-corrected chi connectivity index (χ4v) is 1.94. The van der Waals surface area contributed by atoms with Gasteiger partial charge in [0.15, 0.2) is 0 Å². The Morgan fingerprint density at radius 2 is 1.85 bits per heavy atom. The average molecular weight is 301 g/mol. The zero-order valence-corrected chi connectivity index (χ0v) is 13.6. The quantitative estimate of drug-likeness (QED) is 0.820. The number of carbonyl (C=O) groups is 1. The Morgan fingerprint density at radius 1 is 1.30 bits per heavy atom. The highest BCUT2D eigenvalue weighted by molar-refractivity contribution is 7.39. The second kappa shape index (κ2) is 9.70. The highest BCUT2D eigenvalue weighted by Gasteiger charge is 2.15. The summed E-state index contributed by atoms with van der Waals surface area (Å²) in [7, 11) is -0.741. The standard InChI is InChI=1S/C12H18NO4P.C2H6/c1-9(2)12(14)13(3)8-10-6-4-5-7-11(10)17-18(15)16;1-2/h4-7,9,15-16H,8H2,1-3H3;1-2H3. The molecule has 0 aromatic heterocycles. The van der Waals surface area contributed by atoms with E-state index in [-0.39, 0.29) is 11.8 Å². The van der Waals surface area contributed by atoms with Gasteiger partial charge < -0.3 is 19.2 Å². The van der Waals surface area contributed by atoms with Crippen molar-refractivity contribution in [1.82, 2.24) is 4.90 Å². The first kappa shape index (κ1) is 18.8. The van der Waals surface area contributed by atoms with E-state index in [2.05, 4.69) is 0 Å². The average Bonchev–Trinajstić information content (AvgIpc) is 2.41. The Hall–Kier alpha value is -1.16. The molecule has 1 aromatic rings. The minimum atomic E-state index is -2.45. The number of para-hydroxylation sites is 1. The van der Waals surface area contributed by atoms with Crippen molar-refractivity contribution in [2.45, 2.75) is 34.2 Å². The van der Waals surface area contributed by atoms with Gasteiger partial charge in [-0.3, -0.25) is 4.79 Å². The van der Waals surface area contributed by atoms with Crippen LogP contribution in [0.1, 0.15) is 33.3 Å². The summed E-state index contributed by atoms with van der Waals surface area (Å²) in [5, 5.41) is 0. The summed E-state index contributed by atoms with van der Waals surface area (Å²) >= 11 is 0. The highest BCUT2D eigenvalue weighted by atomic mass is 31.2. The molecule has 0 spiro atoms. The predicted octanol–water partition coefficient (Wildman–Crippen LogP) is 2.92. The maximum Gasteiger partial charge on any atom is 0.391 e. The molecule has 0 saturated heterocycles. The fourth-order valence-electron chi connectivity index (χ4n) is 1.59. The van der Waals surface area contributed by atoms with Crippen LogP contribution in [-0.4, -0.2) is 27.6 Å². The van der Waals surface area contributed by atoms with E-state index in [4.69, 9.17) is 14.3 Å². The first-order chi connectivity index (χ1) is 9.41. The lowest BCUT2D eigenvalue weighted by Crippen LogP contribution is -2.30. The van der Waals surface area contributed by atoms with Crippen LogP contribution in [0.15, 0.2) is 24.3 Å². The molecule has 1 amide bonds. The van der Waals surface area contributed by atoms with Gasteiger partial charge in [0.2, 0.25) is 5.91 Å². The zero-order valence-electron chi connectivity index (χ0n) is 12.7. The van der Waals surface area contributed by atoms with Crippen LogP contribution in [0.3, 0.4) is 0 Å². The van der Waals surface area contributed by atoms with E-state index in [0.717, 1.165) is 5.56 Å². The second-order valence-electron chi connectivity index (χ2n) is 4.30. The van der Waals surface area contributed by atoms with Gasteiger partial charge >= 0.3 is 8.60 Å². The summed E-state index contributed by atoms with van der Waals surface area (Å²) in [6.45, 7) is 8.04. The van der Waals surface area contributed by atoms with E-state index in [9.17, 15) is 4.79 Å². The van der Waals surface area contributed by atoms with Crippen molar-refractivity contribution >= 4 is 14.5 Å². The maximum atomic E-state index is 11.8. The number of carbonyl (C=O) groups excluding carboxylic acids is 1. The molecule has 0 unspecified atom stereocenters. The third kappa shape index (κ3) is 6.33. The molecule has 1 aromatic carbocycles. The summed E-state index contributed by atoms with van der Waals surface area (Å²) in [6, 6.07) is 6.98. The molecule has 5 nitrogen and oxygen atoms in total. The normalized spacial score (nSPS) is 10.1. The molecule has 6 heteroatoms. The van der Waals surface area contributed by atoms with Crippen LogP contribution in [0, 0.1) is 5.92 Å². The molecule has 0 fully saturated rings. The Labute approximate surface area is 122 Å². The third-order valence-electron chi connectivity index (χ3n) is 2.43. The molecule has 2 N–H and O–H groups in total. The van der Waals surface area contributed by atoms with Crippen molar-refractivity contribution in [2.24, 2.45) is 5.92 Å². The topological polar surface area (TPSA) is 70.0 Å². The molecule has 0 atom stereocenters. The summed E-state index contributed by atoms with van der Waals surface area (Å²) in [6.07, 6.45) is 0. The molecule has 1 rings (SSSR count). The van der Waals surface area contributed by atoms with Gasteiger partial charge in [0.25, 0.3) is 0 Å². The van der Waals surface area contributed by atoms with Gasteiger partial charge in [-0.05, 0) is 6.07 Å². The fraction of sp³-hybridized carbons (Fsp3) is 0.500. The number of nitrogens with zero attached hydrogens (tertiary/aromatic N) is 1. The van der Waals surface area contributed by atoms with Gasteiger partial charge in [-0.1, -0.05) is 45.9 Å². The van der Waals surface area contributed by atoms with Gasteiger partial charge in [0.1, 0.15) is 5.75 Å². The van der Waals surface area contributed by atoms with Crippen LogP contribution in [0.2, 0.25) is 0 Å². The van der Waals surface area contributed by atoms with Crippen LogP contribution in [0.25, 0.3) is 0 Å². The van der Waals surface area contributed by atoms with Crippen molar-refractivity contribution in [3.05, 3.63) is 29.8 Å². The maximum absolute atomic E-state index is 11.8. The number of benzene rings is 1. The lowest BCUT2D eigenvalue weighted by Gasteiger charge is -2.21. The van der Waals surface area contributed by atoms with Gasteiger partial charge in [-0.2, -0.15) is 0 Å². The van der Waals surface area contributed by atoms with Crippen LogP contribution in [-0.2, 0) is 11.3 Å².